The van der Waals surface area contributed by atoms with Gasteiger partial charge in [-0.3, -0.25) is 4.90 Å². The van der Waals surface area contributed by atoms with Crippen LogP contribution in [0.3, 0.4) is 0 Å². The van der Waals surface area contributed by atoms with Crippen LogP contribution in [0.4, 0.5) is 0 Å². The fourth-order valence-corrected chi connectivity index (χ4v) is 2.16. The van der Waals surface area contributed by atoms with Gasteiger partial charge in [-0.1, -0.05) is 42.9 Å². The average molecular weight is 189 g/mol. The van der Waals surface area contributed by atoms with Gasteiger partial charge in [-0.05, 0) is 18.8 Å². The molecule has 76 valence electrons. The second kappa shape index (κ2) is 4.61. The second-order valence-electron chi connectivity index (χ2n) is 4.25. The highest BCUT2D eigenvalue weighted by atomic mass is 15.1. The van der Waals surface area contributed by atoms with Crippen molar-refractivity contribution in [1.82, 2.24) is 4.90 Å². The van der Waals surface area contributed by atoms with Crippen LogP contribution in [0, 0.1) is 5.92 Å². The van der Waals surface area contributed by atoms with Gasteiger partial charge in [0.2, 0.25) is 0 Å². The first-order valence-corrected chi connectivity index (χ1v) is 5.62. The van der Waals surface area contributed by atoms with Crippen LogP contribution in [0.1, 0.15) is 19.8 Å². The summed E-state index contributed by atoms with van der Waals surface area (Å²) in [5.41, 5.74) is 1.56. The summed E-state index contributed by atoms with van der Waals surface area (Å²) in [5, 5.41) is 0. The Hall–Kier alpha value is -0.820. The van der Waals surface area contributed by atoms with Gasteiger partial charge in [-0.25, -0.2) is 0 Å². The Bertz CT molecular complexity index is 273. The molecular formula is C13H19N. The number of rotatable bonds is 3. The van der Waals surface area contributed by atoms with Crippen LogP contribution < -0.4 is 0 Å². The minimum atomic E-state index is 0.777. The Kier molecular flexibility index (Phi) is 3.20. The van der Waals surface area contributed by atoms with E-state index in [0.717, 1.165) is 25.4 Å². The summed E-state index contributed by atoms with van der Waals surface area (Å²) in [5.74, 6) is 0.777. The van der Waals surface area contributed by atoms with Gasteiger partial charge in [0, 0.05) is 19.6 Å². The lowest BCUT2D eigenvalue weighted by atomic mass is 10.0. The van der Waals surface area contributed by atoms with Crippen molar-refractivity contribution in [2.24, 2.45) is 5.92 Å². The van der Waals surface area contributed by atoms with Gasteiger partial charge in [0.05, 0.1) is 0 Å². The Labute approximate surface area is 86.8 Å². The fraction of sp³-hybridized carbons (Fsp3) is 0.538. The number of allylic oxidation sites excluding steroid dienone is 3. The van der Waals surface area contributed by atoms with Crippen LogP contribution in [0.5, 0.6) is 0 Å². The first-order valence-electron chi connectivity index (χ1n) is 5.62. The van der Waals surface area contributed by atoms with Crippen LogP contribution in [-0.4, -0.2) is 24.5 Å². The predicted octanol–water partition coefficient (Wildman–Crippen LogP) is 2.77. The van der Waals surface area contributed by atoms with Crippen molar-refractivity contribution in [2.45, 2.75) is 19.8 Å². The SMILES string of the molecule is CCC1C=CCN(CC2=CC=CC2)C1. The summed E-state index contributed by atoms with van der Waals surface area (Å²) in [6.45, 7) is 5.81. The molecule has 0 bridgehead atoms. The van der Waals surface area contributed by atoms with E-state index < -0.39 is 0 Å². The Morgan fingerprint density at radius 2 is 2.36 bits per heavy atom. The molecule has 1 unspecified atom stereocenters. The molecule has 0 aromatic rings. The number of hydrogen-bond acceptors (Lipinski definition) is 1. The molecule has 0 fully saturated rings. The van der Waals surface area contributed by atoms with E-state index in [9.17, 15) is 0 Å². The molecule has 0 amide bonds. The molecule has 0 aromatic heterocycles. The maximum absolute atomic E-state index is 2.55. The smallest absolute Gasteiger partial charge is 0.0202 e. The Morgan fingerprint density at radius 1 is 1.43 bits per heavy atom. The zero-order valence-electron chi connectivity index (χ0n) is 8.95. The molecule has 1 heteroatoms. The average Bonchev–Trinajstić information content (AvgIpc) is 2.71. The fourth-order valence-electron chi connectivity index (χ4n) is 2.16. The normalized spacial score (nSPS) is 26.9. The molecule has 0 aromatic carbocycles. The van der Waals surface area contributed by atoms with Crippen LogP contribution in [0.25, 0.3) is 0 Å². The molecule has 0 N–H and O–H groups in total. The quantitative estimate of drug-likeness (QED) is 0.617. The zero-order chi connectivity index (χ0) is 9.80. The predicted molar refractivity (Wildman–Crippen MR) is 61.2 cm³/mol. The van der Waals surface area contributed by atoms with Gasteiger partial charge < -0.3 is 0 Å². The van der Waals surface area contributed by atoms with Crippen LogP contribution >= 0.6 is 0 Å². The number of hydrogen-bond donors (Lipinski definition) is 0. The molecule has 1 heterocycles. The summed E-state index contributed by atoms with van der Waals surface area (Å²) >= 11 is 0. The largest absolute Gasteiger partial charge is 0.295 e. The maximum Gasteiger partial charge on any atom is 0.0202 e. The van der Waals surface area contributed by atoms with E-state index in [1.807, 2.05) is 0 Å². The van der Waals surface area contributed by atoms with E-state index in [4.69, 9.17) is 0 Å². The highest BCUT2D eigenvalue weighted by Crippen LogP contribution is 2.17. The van der Waals surface area contributed by atoms with Crippen molar-refractivity contribution >= 4 is 0 Å². The summed E-state index contributed by atoms with van der Waals surface area (Å²) in [7, 11) is 0. The lowest BCUT2D eigenvalue weighted by Crippen LogP contribution is -2.33. The van der Waals surface area contributed by atoms with Crippen molar-refractivity contribution in [3.8, 4) is 0 Å². The van der Waals surface area contributed by atoms with Gasteiger partial charge in [0.1, 0.15) is 0 Å². The molecule has 2 aliphatic rings. The van der Waals surface area contributed by atoms with E-state index in [0.29, 0.717) is 0 Å². The van der Waals surface area contributed by atoms with Crippen molar-refractivity contribution in [2.75, 3.05) is 19.6 Å². The molecular weight excluding hydrogens is 170 g/mol. The molecule has 0 saturated carbocycles. The molecule has 1 aliphatic carbocycles. The summed E-state index contributed by atoms with van der Waals surface area (Å²) in [4.78, 5) is 2.55. The van der Waals surface area contributed by atoms with Gasteiger partial charge in [-0.15, -0.1) is 0 Å². The molecule has 0 radical (unpaired) electrons. The number of nitrogens with zero attached hydrogens (tertiary/aromatic N) is 1. The summed E-state index contributed by atoms with van der Waals surface area (Å²) < 4.78 is 0. The van der Waals surface area contributed by atoms with Crippen LogP contribution in [-0.2, 0) is 0 Å². The first kappa shape index (κ1) is 9.72. The van der Waals surface area contributed by atoms with Gasteiger partial charge >= 0.3 is 0 Å². The van der Waals surface area contributed by atoms with Crippen molar-refractivity contribution in [3.63, 3.8) is 0 Å². The van der Waals surface area contributed by atoms with E-state index in [1.54, 1.807) is 5.57 Å². The monoisotopic (exact) mass is 189 g/mol. The lowest BCUT2D eigenvalue weighted by molar-refractivity contribution is 0.275. The third-order valence-corrected chi connectivity index (χ3v) is 3.06. The van der Waals surface area contributed by atoms with Crippen LogP contribution in [0.15, 0.2) is 36.0 Å². The van der Waals surface area contributed by atoms with Gasteiger partial charge in [0.25, 0.3) is 0 Å². The molecule has 1 atom stereocenters. The highest BCUT2D eigenvalue weighted by Gasteiger charge is 2.14. The Morgan fingerprint density at radius 3 is 3.07 bits per heavy atom. The molecule has 14 heavy (non-hydrogen) atoms. The maximum atomic E-state index is 2.55. The zero-order valence-corrected chi connectivity index (χ0v) is 8.95. The third-order valence-electron chi connectivity index (χ3n) is 3.06. The minimum Gasteiger partial charge on any atom is -0.295 e. The van der Waals surface area contributed by atoms with E-state index in [1.165, 1.54) is 13.0 Å². The summed E-state index contributed by atoms with van der Waals surface area (Å²) in [6, 6.07) is 0. The van der Waals surface area contributed by atoms with Gasteiger partial charge in [-0.2, -0.15) is 0 Å². The van der Waals surface area contributed by atoms with Crippen molar-refractivity contribution < 1.29 is 0 Å². The van der Waals surface area contributed by atoms with Crippen LogP contribution in [0.2, 0.25) is 0 Å². The molecule has 2 rings (SSSR count). The van der Waals surface area contributed by atoms with E-state index >= 15 is 0 Å². The standard InChI is InChI=1S/C13H19N/c1-2-12-8-5-9-14(10-12)11-13-6-3-4-7-13/h3-6,8,12H,2,7,9-11H2,1H3. The Balaban J connectivity index is 1.84. The summed E-state index contributed by atoms with van der Waals surface area (Å²) in [6.07, 6.45) is 13.8. The van der Waals surface area contributed by atoms with Gasteiger partial charge in [0.15, 0.2) is 0 Å². The molecule has 1 aliphatic heterocycles. The van der Waals surface area contributed by atoms with Crippen molar-refractivity contribution in [3.05, 3.63) is 36.0 Å². The van der Waals surface area contributed by atoms with E-state index in [-0.39, 0.29) is 0 Å². The molecule has 1 nitrogen and oxygen atoms in total. The first-order chi connectivity index (χ1) is 6.88. The second-order valence-corrected chi connectivity index (χ2v) is 4.25. The van der Waals surface area contributed by atoms with Crippen molar-refractivity contribution in [1.29, 1.82) is 0 Å². The van der Waals surface area contributed by atoms with E-state index in [2.05, 4.69) is 42.2 Å². The minimum absolute atomic E-state index is 0.777. The molecule has 0 saturated heterocycles. The highest BCUT2D eigenvalue weighted by molar-refractivity contribution is 5.24. The molecule has 0 spiro atoms. The lowest BCUT2D eigenvalue weighted by Gasteiger charge is -2.28. The third kappa shape index (κ3) is 2.36. The topological polar surface area (TPSA) is 3.24 Å².